The van der Waals surface area contributed by atoms with E-state index in [-0.39, 0.29) is 11.5 Å². The zero-order valence-corrected chi connectivity index (χ0v) is 19.6. The number of nitrogens with zero attached hydrogens (tertiary/aromatic N) is 1. The summed E-state index contributed by atoms with van der Waals surface area (Å²) in [4.78, 5) is 25.0. The fourth-order valence-electron chi connectivity index (χ4n) is 2.92. The molecule has 0 radical (unpaired) electrons. The number of hydrogen-bond donors (Lipinski definition) is 2. The van der Waals surface area contributed by atoms with Crippen LogP contribution in [-0.2, 0) is 4.79 Å². The maximum atomic E-state index is 13.1. The van der Waals surface area contributed by atoms with Crippen LogP contribution < -0.4 is 20.2 Å². The van der Waals surface area contributed by atoms with E-state index in [0.29, 0.717) is 24.7 Å². The average Bonchev–Trinajstić information content (AvgIpc) is 2.79. The summed E-state index contributed by atoms with van der Waals surface area (Å²) in [5.74, 6) is -0.278. The summed E-state index contributed by atoms with van der Waals surface area (Å²) in [6, 6.07) is 9.72. The molecule has 33 heavy (non-hydrogen) atoms. The first-order valence-corrected chi connectivity index (χ1v) is 11.1. The van der Waals surface area contributed by atoms with Gasteiger partial charge in [0.1, 0.15) is 11.9 Å². The van der Waals surface area contributed by atoms with Crippen molar-refractivity contribution in [2.45, 2.75) is 46.6 Å². The number of rotatable bonds is 12. The number of unbranched alkanes of at least 4 members (excludes halogenated alkanes) is 1. The zero-order chi connectivity index (χ0) is 24.2. The predicted molar refractivity (Wildman–Crippen MR) is 126 cm³/mol. The van der Waals surface area contributed by atoms with Crippen molar-refractivity contribution in [1.29, 1.82) is 0 Å². The summed E-state index contributed by atoms with van der Waals surface area (Å²) in [5.41, 5.74) is 3.46. The highest BCUT2D eigenvalue weighted by molar-refractivity contribution is 5.97. The van der Waals surface area contributed by atoms with Crippen LogP contribution in [0.25, 0.3) is 0 Å². The van der Waals surface area contributed by atoms with E-state index in [1.807, 2.05) is 32.9 Å². The van der Waals surface area contributed by atoms with Crippen molar-refractivity contribution in [3.05, 3.63) is 59.4 Å². The van der Waals surface area contributed by atoms with Crippen molar-refractivity contribution in [2.24, 2.45) is 11.0 Å². The van der Waals surface area contributed by atoms with Gasteiger partial charge in [-0.25, -0.2) is 9.82 Å². The molecule has 1 atom stereocenters. The molecule has 2 rings (SSSR count). The number of benzene rings is 2. The fourth-order valence-corrected chi connectivity index (χ4v) is 2.92. The van der Waals surface area contributed by atoms with Crippen LogP contribution in [0, 0.1) is 11.7 Å². The summed E-state index contributed by atoms with van der Waals surface area (Å²) >= 11 is 0. The fraction of sp³-hybridized carbons (Fsp3) is 0.400. The summed E-state index contributed by atoms with van der Waals surface area (Å²) < 4.78 is 24.5. The minimum Gasteiger partial charge on any atom is -0.490 e. The molecule has 2 aromatic rings. The maximum Gasteiger partial charge on any atom is 0.262 e. The first-order valence-electron chi connectivity index (χ1n) is 11.1. The van der Waals surface area contributed by atoms with Crippen molar-refractivity contribution in [1.82, 2.24) is 10.7 Å². The lowest BCUT2D eigenvalue weighted by Gasteiger charge is -2.20. The predicted octanol–water partition coefficient (Wildman–Crippen LogP) is 4.31. The molecule has 0 aliphatic heterocycles. The van der Waals surface area contributed by atoms with Crippen molar-refractivity contribution in [2.75, 3.05) is 13.2 Å². The molecule has 8 heteroatoms. The molecule has 2 N–H and O–H groups in total. The smallest absolute Gasteiger partial charge is 0.262 e. The largest absolute Gasteiger partial charge is 0.490 e. The van der Waals surface area contributed by atoms with Crippen molar-refractivity contribution in [3.63, 3.8) is 0 Å². The zero-order valence-electron chi connectivity index (χ0n) is 19.6. The Morgan fingerprint density at radius 3 is 2.42 bits per heavy atom. The van der Waals surface area contributed by atoms with Crippen LogP contribution in [0.3, 0.4) is 0 Å². The van der Waals surface area contributed by atoms with Crippen molar-refractivity contribution >= 4 is 18.0 Å². The molecule has 0 aliphatic carbocycles. The molecule has 1 unspecified atom stereocenters. The van der Waals surface area contributed by atoms with Gasteiger partial charge >= 0.3 is 0 Å². The second-order valence-electron chi connectivity index (χ2n) is 7.78. The highest BCUT2D eigenvalue weighted by atomic mass is 19.1. The number of halogens is 1. The van der Waals surface area contributed by atoms with Gasteiger partial charge in [-0.2, -0.15) is 5.10 Å². The third-order valence-corrected chi connectivity index (χ3v) is 4.75. The SMILES string of the molecule is CCCCOc1ccc(C=NNC(=O)C(NC(=O)c2ccc(F)cc2)C(C)C)cc1OCC. The lowest BCUT2D eigenvalue weighted by atomic mass is 10.0. The summed E-state index contributed by atoms with van der Waals surface area (Å²) in [7, 11) is 0. The van der Waals surface area contributed by atoms with Gasteiger partial charge in [0.25, 0.3) is 11.8 Å². The number of nitrogens with one attached hydrogen (secondary N) is 2. The minimum atomic E-state index is -0.812. The van der Waals surface area contributed by atoms with Gasteiger partial charge in [-0.3, -0.25) is 9.59 Å². The summed E-state index contributed by atoms with van der Waals surface area (Å²) in [6.07, 6.45) is 3.49. The first kappa shape index (κ1) is 25.8. The number of amides is 2. The number of hydrazone groups is 1. The quantitative estimate of drug-likeness (QED) is 0.282. The van der Waals surface area contributed by atoms with Crippen LogP contribution in [0.2, 0.25) is 0 Å². The molecule has 0 spiro atoms. The Balaban J connectivity index is 2.02. The summed E-state index contributed by atoms with van der Waals surface area (Å²) in [6.45, 7) is 8.71. The van der Waals surface area contributed by atoms with Crippen LogP contribution in [0.15, 0.2) is 47.6 Å². The van der Waals surface area contributed by atoms with E-state index >= 15 is 0 Å². The third kappa shape index (κ3) is 8.21. The molecule has 7 nitrogen and oxygen atoms in total. The molecule has 0 saturated carbocycles. The Morgan fingerprint density at radius 2 is 1.79 bits per heavy atom. The standard InChI is InChI=1S/C25H32FN3O4/c1-5-7-14-33-21-13-8-18(15-22(21)32-6-2)16-27-29-25(31)23(17(3)4)28-24(30)19-9-11-20(26)12-10-19/h8-13,15-17,23H,5-7,14H2,1-4H3,(H,28,30)(H,29,31). The van der Waals surface area contributed by atoms with E-state index in [4.69, 9.17) is 9.47 Å². The Bertz CT molecular complexity index is 945. The van der Waals surface area contributed by atoms with Crippen LogP contribution in [0.1, 0.15) is 56.5 Å². The molecule has 0 aliphatic rings. The Labute approximate surface area is 194 Å². The molecule has 2 aromatic carbocycles. The lowest BCUT2D eigenvalue weighted by molar-refractivity contribution is -0.123. The topological polar surface area (TPSA) is 89.0 Å². The van der Waals surface area contributed by atoms with E-state index in [1.54, 1.807) is 6.07 Å². The molecule has 178 valence electrons. The third-order valence-electron chi connectivity index (χ3n) is 4.75. The second-order valence-corrected chi connectivity index (χ2v) is 7.78. The monoisotopic (exact) mass is 457 g/mol. The van der Waals surface area contributed by atoms with Crippen LogP contribution in [-0.4, -0.2) is 37.3 Å². The van der Waals surface area contributed by atoms with E-state index in [2.05, 4.69) is 22.8 Å². The Hall–Kier alpha value is -3.42. The van der Waals surface area contributed by atoms with E-state index in [0.717, 1.165) is 18.4 Å². The molecular weight excluding hydrogens is 425 g/mol. The van der Waals surface area contributed by atoms with Gasteiger partial charge in [0.15, 0.2) is 11.5 Å². The normalized spacial score (nSPS) is 11.9. The van der Waals surface area contributed by atoms with Crippen LogP contribution in [0.5, 0.6) is 11.5 Å². The van der Waals surface area contributed by atoms with E-state index in [1.165, 1.54) is 30.5 Å². The molecule has 0 saturated heterocycles. The van der Waals surface area contributed by atoms with Gasteiger partial charge in [0.2, 0.25) is 0 Å². The van der Waals surface area contributed by atoms with Gasteiger partial charge in [-0.15, -0.1) is 0 Å². The lowest BCUT2D eigenvalue weighted by Crippen LogP contribution is -2.48. The molecular formula is C25H32FN3O4. The molecule has 0 heterocycles. The number of ether oxygens (including phenoxy) is 2. The molecule has 2 amide bonds. The Morgan fingerprint density at radius 1 is 1.06 bits per heavy atom. The van der Waals surface area contributed by atoms with Gasteiger partial charge in [0.05, 0.1) is 19.4 Å². The van der Waals surface area contributed by atoms with Gasteiger partial charge < -0.3 is 14.8 Å². The maximum absolute atomic E-state index is 13.1. The highest BCUT2D eigenvalue weighted by Crippen LogP contribution is 2.28. The van der Waals surface area contributed by atoms with Gasteiger partial charge in [-0.1, -0.05) is 27.2 Å². The van der Waals surface area contributed by atoms with Crippen LogP contribution in [0.4, 0.5) is 4.39 Å². The van der Waals surface area contributed by atoms with Gasteiger partial charge in [0, 0.05) is 5.56 Å². The molecule has 0 aromatic heterocycles. The van der Waals surface area contributed by atoms with E-state index < -0.39 is 23.7 Å². The number of carbonyl (C=O) groups excluding carboxylic acids is 2. The van der Waals surface area contributed by atoms with E-state index in [9.17, 15) is 14.0 Å². The van der Waals surface area contributed by atoms with Crippen LogP contribution >= 0.6 is 0 Å². The Kier molecular flexibility index (Phi) is 10.3. The van der Waals surface area contributed by atoms with Gasteiger partial charge in [-0.05, 0) is 67.3 Å². The molecule has 0 bridgehead atoms. The minimum absolute atomic E-state index is 0.186. The summed E-state index contributed by atoms with van der Waals surface area (Å²) in [5, 5.41) is 6.70. The highest BCUT2D eigenvalue weighted by Gasteiger charge is 2.24. The molecule has 0 fully saturated rings. The van der Waals surface area contributed by atoms with Crippen molar-refractivity contribution in [3.8, 4) is 11.5 Å². The number of carbonyl (C=O) groups is 2. The first-order chi connectivity index (χ1) is 15.8. The average molecular weight is 458 g/mol. The number of hydrogen-bond acceptors (Lipinski definition) is 5. The van der Waals surface area contributed by atoms with Crippen molar-refractivity contribution < 1.29 is 23.5 Å². The second kappa shape index (κ2) is 13.2.